The topological polar surface area (TPSA) is 69.6 Å². The molecule has 0 fully saturated rings. The normalized spacial score (nSPS) is 12.9. The highest BCUT2D eigenvalue weighted by Crippen LogP contribution is 2.19. The smallest absolute Gasteiger partial charge is 0.220 e. The Morgan fingerprint density at radius 1 is 0.319 bits per heavy atom. The molecule has 0 aromatic carbocycles. The number of amides is 1. The zero-order chi connectivity index (χ0) is 52.0. The molecule has 0 aromatic rings. The van der Waals surface area contributed by atoms with Crippen LogP contribution in [0.3, 0.4) is 0 Å². The summed E-state index contributed by atoms with van der Waals surface area (Å²) in [4.78, 5) is 12.5. The van der Waals surface area contributed by atoms with E-state index < -0.39 is 12.1 Å². The number of hydrogen-bond acceptors (Lipinski definition) is 3. The Labute approximate surface area is 452 Å². The minimum absolute atomic E-state index is 0.0701. The standard InChI is InChI=1S/C68H131NO3/c1-3-5-7-9-11-13-15-17-19-21-23-25-27-29-31-33-34-35-36-37-39-41-43-45-47-49-51-53-55-57-59-61-63-67(71)66(65-70)69-68(72)64-62-60-58-56-54-52-50-48-46-44-42-40-38-32-30-28-26-24-22-20-18-16-14-12-10-8-6-4-2/h45,47,53,55,61,63,66-67,70-71H,3-44,46,48-52,54,56-60,62,64-65H2,1-2H3,(H,69,72)/b47-45+,55-53+,63-61+. The van der Waals surface area contributed by atoms with Gasteiger partial charge in [-0.05, 0) is 44.9 Å². The second-order valence-corrected chi connectivity index (χ2v) is 22.9. The maximum Gasteiger partial charge on any atom is 0.220 e. The van der Waals surface area contributed by atoms with Gasteiger partial charge in [-0.1, -0.05) is 359 Å². The van der Waals surface area contributed by atoms with E-state index in [4.69, 9.17) is 0 Å². The average molecular weight is 1010 g/mol. The van der Waals surface area contributed by atoms with Crippen LogP contribution in [-0.4, -0.2) is 34.9 Å². The second kappa shape index (κ2) is 63.9. The third-order valence-electron chi connectivity index (χ3n) is 15.6. The summed E-state index contributed by atoms with van der Waals surface area (Å²) >= 11 is 0. The lowest BCUT2D eigenvalue weighted by molar-refractivity contribution is -0.123. The first-order valence-corrected chi connectivity index (χ1v) is 33.2. The average Bonchev–Trinajstić information content (AvgIpc) is 3.39. The number of rotatable bonds is 62. The monoisotopic (exact) mass is 1010 g/mol. The number of carbonyl (C=O) groups excluding carboxylic acids is 1. The zero-order valence-corrected chi connectivity index (χ0v) is 49.2. The van der Waals surface area contributed by atoms with Crippen LogP contribution in [-0.2, 0) is 4.79 Å². The van der Waals surface area contributed by atoms with Crippen molar-refractivity contribution in [1.82, 2.24) is 5.32 Å². The molecular formula is C68H131NO3. The van der Waals surface area contributed by atoms with Gasteiger partial charge in [-0.2, -0.15) is 0 Å². The number of aliphatic hydroxyl groups excluding tert-OH is 2. The number of nitrogens with one attached hydrogen (secondary N) is 1. The van der Waals surface area contributed by atoms with Crippen LogP contribution >= 0.6 is 0 Å². The van der Waals surface area contributed by atoms with Crippen molar-refractivity contribution in [3.8, 4) is 0 Å². The number of allylic oxidation sites excluding steroid dienone is 5. The first-order chi connectivity index (χ1) is 35.7. The highest BCUT2D eigenvalue weighted by atomic mass is 16.3. The van der Waals surface area contributed by atoms with Crippen molar-refractivity contribution in [2.24, 2.45) is 0 Å². The Hall–Kier alpha value is -1.39. The summed E-state index contributed by atoms with van der Waals surface area (Å²) in [6.45, 7) is 4.34. The largest absolute Gasteiger partial charge is 0.394 e. The van der Waals surface area contributed by atoms with Crippen molar-refractivity contribution in [2.45, 2.75) is 386 Å². The third-order valence-corrected chi connectivity index (χ3v) is 15.6. The van der Waals surface area contributed by atoms with Gasteiger partial charge in [-0.25, -0.2) is 0 Å². The van der Waals surface area contributed by atoms with E-state index in [1.54, 1.807) is 6.08 Å². The Bertz CT molecular complexity index is 1100. The summed E-state index contributed by atoms with van der Waals surface area (Å²) in [5, 5.41) is 23.2. The van der Waals surface area contributed by atoms with Crippen LogP contribution in [0.5, 0.6) is 0 Å². The van der Waals surface area contributed by atoms with E-state index in [0.717, 1.165) is 38.5 Å². The maximum absolute atomic E-state index is 12.5. The summed E-state index contributed by atoms with van der Waals surface area (Å²) in [5.74, 6) is -0.0701. The first-order valence-electron chi connectivity index (χ1n) is 33.2. The molecule has 0 saturated carbocycles. The van der Waals surface area contributed by atoms with Gasteiger partial charge in [0.1, 0.15) is 0 Å². The first kappa shape index (κ1) is 70.6. The fourth-order valence-corrected chi connectivity index (χ4v) is 10.6. The summed E-state index contributed by atoms with van der Waals surface area (Å²) in [6, 6.07) is -0.645. The van der Waals surface area contributed by atoms with Crippen molar-refractivity contribution in [2.75, 3.05) is 6.61 Å². The quantitative estimate of drug-likeness (QED) is 0.0420. The Balaban J connectivity index is 3.48. The van der Waals surface area contributed by atoms with Crippen molar-refractivity contribution in [3.05, 3.63) is 36.5 Å². The molecule has 3 N–H and O–H groups in total. The van der Waals surface area contributed by atoms with E-state index >= 15 is 0 Å². The van der Waals surface area contributed by atoms with Gasteiger partial charge >= 0.3 is 0 Å². The minimum atomic E-state index is -0.870. The Kier molecular flexibility index (Phi) is 62.7. The molecule has 2 atom stereocenters. The number of unbranched alkanes of at least 4 members (excludes halogenated alkanes) is 51. The summed E-state index contributed by atoms with van der Waals surface area (Å²) in [5.41, 5.74) is 0. The van der Waals surface area contributed by atoms with E-state index in [9.17, 15) is 15.0 Å². The highest BCUT2D eigenvalue weighted by Gasteiger charge is 2.18. The summed E-state index contributed by atoms with van der Waals surface area (Å²) < 4.78 is 0. The lowest BCUT2D eigenvalue weighted by Gasteiger charge is -2.19. The molecular weight excluding hydrogens is 879 g/mol. The molecule has 0 bridgehead atoms. The fraction of sp³-hybridized carbons (Fsp3) is 0.897. The molecule has 0 heterocycles. The molecule has 0 spiro atoms. The van der Waals surface area contributed by atoms with Crippen LogP contribution in [0.4, 0.5) is 0 Å². The molecule has 4 heteroatoms. The molecule has 0 rings (SSSR count). The van der Waals surface area contributed by atoms with Crippen LogP contribution in [0.25, 0.3) is 0 Å². The van der Waals surface area contributed by atoms with Gasteiger partial charge in [-0.3, -0.25) is 4.79 Å². The lowest BCUT2D eigenvalue weighted by Crippen LogP contribution is -2.45. The van der Waals surface area contributed by atoms with Gasteiger partial charge in [0, 0.05) is 6.42 Å². The van der Waals surface area contributed by atoms with E-state index in [2.05, 4.69) is 43.5 Å². The molecule has 1 amide bonds. The van der Waals surface area contributed by atoms with E-state index in [1.165, 1.54) is 315 Å². The van der Waals surface area contributed by atoms with Gasteiger partial charge in [0.2, 0.25) is 5.91 Å². The molecule has 426 valence electrons. The Morgan fingerprint density at radius 3 is 0.806 bits per heavy atom. The zero-order valence-electron chi connectivity index (χ0n) is 49.2. The lowest BCUT2D eigenvalue weighted by atomic mass is 10.0. The molecule has 72 heavy (non-hydrogen) atoms. The summed E-state index contributed by atoms with van der Waals surface area (Å²) in [7, 11) is 0. The van der Waals surface area contributed by atoms with Crippen molar-refractivity contribution in [1.29, 1.82) is 0 Å². The number of carbonyl (C=O) groups is 1. The van der Waals surface area contributed by atoms with Crippen LogP contribution < -0.4 is 5.32 Å². The molecule has 0 aliphatic carbocycles. The molecule has 0 aliphatic heterocycles. The second-order valence-electron chi connectivity index (χ2n) is 22.9. The molecule has 0 aliphatic rings. The summed E-state index contributed by atoms with van der Waals surface area (Å²) in [6.07, 6.45) is 88.0. The SMILES string of the molecule is CCCCCCCCCCCCCCCCCCCCCCCC/C=C/CC/C=C/CC/C=C/C(O)C(CO)NC(=O)CCCCCCCCCCCCCCCCCCCCCCCCCCCCCC. The molecule has 4 nitrogen and oxygen atoms in total. The van der Waals surface area contributed by atoms with Gasteiger partial charge < -0.3 is 15.5 Å². The fourth-order valence-electron chi connectivity index (χ4n) is 10.6. The molecule has 0 saturated heterocycles. The van der Waals surface area contributed by atoms with Crippen LogP contribution in [0.15, 0.2) is 36.5 Å². The van der Waals surface area contributed by atoms with Gasteiger partial charge in [0.05, 0.1) is 18.8 Å². The molecule has 2 unspecified atom stereocenters. The predicted molar refractivity (Wildman–Crippen MR) is 322 cm³/mol. The van der Waals surface area contributed by atoms with Gasteiger partial charge in [-0.15, -0.1) is 0 Å². The van der Waals surface area contributed by atoms with E-state index in [0.29, 0.717) is 6.42 Å². The number of aliphatic hydroxyl groups is 2. The Morgan fingerprint density at radius 2 is 0.542 bits per heavy atom. The third kappa shape index (κ3) is 59.5. The highest BCUT2D eigenvalue weighted by molar-refractivity contribution is 5.76. The van der Waals surface area contributed by atoms with Gasteiger partial charge in [0.25, 0.3) is 0 Å². The van der Waals surface area contributed by atoms with Crippen LogP contribution in [0, 0.1) is 0 Å². The van der Waals surface area contributed by atoms with Crippen molar-refractivity contribution < 1.29 is 15.0 Å². The van der Waals surface area contributed by atoms with Crippen LogP contribution in [0.1, 0.15) is 373 Å². The van der Waals surface area contributed by atoms with E-state index in [1.807, 2.05) is 6.08 Å². The predicted octanol–water partition coefficient (Wildman–Crippen LogP) is 22.4. The minimum Gasteiger partial charge on any atom is -0.394 e. The van der Waals surface area contributed by atoms with E-state index in [-0.39, 0.29) is 12.5 Å². The molecule has 0 aromatic heterocycles. The van der Waals surface area contributed by atoms with Crippen molar-refractivity contribution in [3.63, 3.8) is 0 Å². The van der Waals surface area contributed by atoms with Crippen molar-refractivity contribution >= 4 is 5.91 Å². The maximum atomic E-state index is 12.5. The van der Waals surface area contributed by atoms with Crippen LogP contribution in [0.2, 0.25) is 0 Å². The molecule has 0 radical (unpaired) electrons. The number of hydrogen-bond donors (Lipinski definition) is 3. The van der Waals surface area contributed by atoms with Gasteiger partial charge in [0.15, 0.2) is 0 Å².